The van der Waals surface area contributed by atoms with Gasteiger partial charge in [-0.15, -0.1) is 0 Å². The highest BCUT2D eigenvalue weighted by atomic mass is 79.9. The van der Waals surface area contributed by atoms with Crippen LogP contribution in [-0.2, 0) is 17.8 Å². The van der Waals surface area contributed by atoms with Crippen LogP contribution in [0.3, 0.4) is 0 Å². The van der Waals surface area contributed by atoms with Crippen LogP contribution in [0.1, 0.15) is 22.3 Å². The highest BCUT2D eigenvalue weighted by Gasteiger charge is 2.17. The summed E-state index contributed by atoms with van der Waals surface area (Å²) in [6.07, 6.45) is 2.15. The van der Waals surface area contributed by atoms with Gasteiger partial charge in [0.2, 0.25) is 11.9 Å². The maximum Gasteiger partial charge on any atom is 0.229 e. The van der Waals surface area contributed by atoms with E-state index < -0.39 is 0 Å². The van der Waals surface area contributed by atoms with Gasteiger partial charge in [0.15, 0.2) is 0 Å². The monoisotopic (exact) mass is 437 g/mol. The predicted octanol–water partition coefficient (Wildman–Crippen LogP) is 4.71. The molecule has 3 aromatic rings. The number of aryl methyl sites for hydroxylation is 2. The van der Waals surface area contributed by atoms with Crippen molar-refractivity contribution in [2.75, 3.05) is 16.0 Å². The second-order valence-electron chi connectivity index (χ2n) is 6.90. The summed E-state index contributed by atoms with van der Waals surface area (Å²) in [6.45, 7) is 4.86. The normalized spacial score (nSPS) is 12.5. The van der Waals surface area contributed by atoms with Gasteiger partial charge in [0.1, 0.15) is 5.82 Å². The Balaban J connectivity index is 1.50. The third-order valence-electron chi connectivity index (χ3n) is 4.69. The quantitative estimate of drug-likeness (QED) is 0.538. The Morgan fingerprint density at radius 1 is 1.18 bits per heavy atom. The number of halogens is 1. The van der Waals surface area contributed by atoms with Crippen molar-refractivity contribution in [2.45, 2.75) is 26.8 Å². The van der Waals surface area contributed by atoms with E-state index in [0.717, 1.165) is 21.4 Å². The number of nitrogens with one attached hydrogen (secondary N) is 3. The molecule has 0 spiro atoms. The number of rotatable bonds is 5. The Kier molecular flexibility index (Phi) is 5.00. The number of carbonyl (C=O) groups excluding carboxylic acids is 1. The summed E-state index contributed by atoms with van der Waals surface area (Å²) in [4.78, 5) is 20.4. The fraction of sp³-hybridized carbons (Fsp3) is 0.190. The number of aromatic nitrogens is 2. The van der Waals surface area contributed by atoms with E-state index in [1.807, 2.05) is 18.2 Å². The average molecular weight is 438 g/mol. The lowest BCUT2D eigenvalue weighted by Gasteiger charge is -2.12. The third kappa shape index (κ3) is 3.99. The van der Waals surface area contributed by atoms with Crippen molar-refractivity contribution >= 4 is 45.0 Å². The molecule has 7 heteroatoms. The molecule has 0 fully saturated rings. The van der Waals surface area contributed by atoms with E-state index in [2.05, 4.69) is 73.9 Å². The first-order valence-electron chi connectivity index (χ1n) is 9.00. The molecule has 0 bridgehead atoms. The first-order chi connectivity index (χ1) is 13.5. The Morgan fingerprint density at radius 3 is 2.89 bits per heavy atom. The summed E-state index contributed by atoms with van der Waals surface area (Å²) in [7, 11) is 0. The molecule has 1 aliphatic heterocycles. The maximum absolute atomic E-state index is 11.5. The fourth-order valence-corrected chi connectivity index (χ4v) is 3.47. The van der Waals surface area contributed by atoms with Gasteiger partial charge < -0.3 is 16.0 Å². The maximum atomic E-state index is 11.5. The molecule has 6 nitrogen and oxygen atoms in total. The molecule has 0 atom stereocenters. The number of carbonyl (C=O) groups is 1. The van der Waals surface area contributed by atoms with E-state index in [4.69, 9.17) is 0 Å². The first kappa shape index (κ1) is 18.4. The highest BCUT2D eigenvalue weighted by Crippen LogP contribution is 2.28. The van der Waals surface area contributed by atoms with Crippen LogP contribution < -0.4 is 16.0 Å². The number of benzene rings is 2. The van der Waals surface area contributed by atoms with Gasteiger partial charge >= 0.3 is 0 Å². The van der Waals surface area contributed by atoms with E-state index in [1.165, 1.54) is 16.7 Å². The molecule has 0 unspecified atom stereocenters. The number of fused-ring (bicyclic) bond motifs is 1. The zero-order chi connectivity index (χ0) is 19.7. The first-order valence-corrected chi connectivity index (χ1v) is 9.79. The Bertz CT molecular complexity index is 1070. The molecule has 0 aliphatic carbocycles. The van der Waals surface area contributed by atoms with Crippen LogP contribution >= 0.6 is 15.9 Å². The molecule has 0 radical (unpaired) electrons. The van der Waals surface area contributed by atoms with Crippen molar-refractivity contribution < 1.29 is 4.79 Å². The van der Waals surface area contributed by atoms with Crippen LogP contribution in [0.5, 0.6) is 0 Å². The summed E-state index contributed by atoms with van der Waals surface area (Å²) >= 11 is 3.51. The summed E-state index contributed by atoms with van der Waals surface area (Å²) in [5.41, 5.74) is 6.36. The van der Waals surface area contributed by atoms with Crippen LogP contribution in [0.2, 0.25) is 0 Å². The van der Waals surface area contributed by atoms with Crippen LogP contribution in [0.25, 0.3) is 0 Å². The molecule has 4 rings (SSSR count). The lowest BCUT2D eigenvalue weighted by molar-refractivity contribution is -0.115. The van der Waals surface area contributed by atoms with Crippen LogP contribution in [0.15, 0.2) is 47.1 Å². The predicted molar refractivity (Wildman–Crippen MR) is 115 cm³/mol. The molecule has 0 saturated carbocycles. The SMILES string of the molecule is Cc1ccc(C)c(CNc2nc(Nc3ccc4c(c3)NC(=O)C4)ncc2Br)c1. The molecule has 28 heavy (non-hydrogen) atoms. The second-order valence-corrected chi connectivity index (χ2v) is 7.75. The highest BCUT2D eigenvalue weighted by molar-refractivity contribution is 9.10. The zero-order valence-electron chi connectivity index (χ0n) is 15.6. The third-order valence-corrected chi connectivity index (χ3v) is 5.27. The van der Waals surface area contributed by atoms with Crippen LogP contribution in [0.4, 0.5) is 23.1 Å². The standard InChI is InChI=1S/C21H20BrN5O/c1-12-3-4-13(2)15(7-12)10-23-20-17(22)11-24-21(27-20)25-16-6-5-14-8-19(28)26-18(14)9-16/h3-7,9,11H,8,10H2,1-2H3,(H,26,28)(H2,23,24,25,27). The van der Waals surface area contributed by atoms with Gasteiger partial charge in [-0.25, -0.2) is 4.98 Å². The molecule has 3 N–H and O–H groups in total. The number of hydrogen-bond acceptors (Lipinski definition) is 5. The fourth-order valence-electron chi connectivity index (χ4n) is 3.14. The van der Waals surface area contributed by atoms with Crippen molar-refractivity contribution in [3.05, 3.63) is 69.3 Å². The molecule has 1 amide bonds. The molecule has 142 valence electrons. The molecule has 0 saturated heterocycles. The van der Waals surface area contributed by atoms with Crippen molar-refractivity contribution in [1.29, 1.82) is 0 Å². The molecule has 2 aromatic carbocycles. The minimum Gasteiger partial charge on any atom is -0.365 e. The van der Waals surface area contributed by atoms with Crippen molar-refractivity contribution in [3.8, 4) is 0 Å². The van der Waals surface area contributed by atoms with Gasteiger partial charge in [-0.2, -0.15) is 4.98 Å². The van der Waals surface area contributed by atoms with E-state index in [1.54, 1.807) is 6.20 Å². The lowest BCUT2D eigenvalue weighted by Crippen LogP contribution is -2.06. The van der Waals surface area contributed by atoms with Gasteiger partial charge in [-0.3, -0.25) is 4.79 Å². The van der Waals surface area contributed by atoms with Crippen LogP contribution in [-0.4, -0.2) is 15.9 Å². The molecular weight excluding hydrogens is 418 g/mol. The van der Waals surface area contributed by atoms with E-state index in [9.17, 15) is 4.79 Å². The van der Waals surface area contributed by atoms with Gasteiger partial charge in [0, 0.05) is 24.1 Å². The number of anilines is 4. The topological polar surface area (TPSA) is 78.9 Å². The largest absolute Gasteiger partial charge is 0.365 e. The minimum absolute atomic E-state index is 0.0185. The van der Waals surface area contributed by atoms with Crippen molar-refractivity contribution in [1.82, 2.24) is 9.97 Å². The Hall–Kier alpha value is -2.93. The van der Waals surface area contributed by atoms with Crippen molar-refractivity contribution in [3.63, 3.8) is 0 Å². The number of hydrogen-bond donors (Lipinski definition) is 3. The second kappa shape index (κ2) is 7.59. The van der Waals surface area contributed by atoms with Crippen LogP contribution in [0, 0.1) is 13.8 Å². The summed E-state index contributed by atoms with van der Waals surface area (Å²) < 4.78 is 0.796. The Morgan fingerprint density at radius 2 is 2.04 bits per heavy atom. The Labute approximate surface area is 171 Å². The molecule has 1 aliphatic rings. The summed E-state index contributed by atoms with van der Waals surface area (Å²) in [5.74, 6) is 1.22. The molecule has 1 aromatic heterocycles. The molecule has 2 heterocycles. The number of amides is 1. The minimum atomic E-state index is 0.0185. The van der Waals surface area contributed by atoms with Crippen molar-refractivity contribution in [2.24, 2.45) is 0 Å². The smallest absolute Gasteiger partial charge is 0.229 e. The zero-order valence-corrected chi connectivity index (χ0v) is 17.2. The molecular formula is C21H20BrN5O. The summed E-state index contributed by atoms with van der Waals surface area (Å²) in [5, 5.41) is 9.43. The van der Waals surface area contributed by atoms with Gasteiger partial charge in [-0.1, -0.05) is 29.8 Å². The average Bonchev–Trinajstić information content (AvgIpc) is 3.04. The summed E-state index contributed by atoms with van der Waals surface area (Å²) in [6, 6.07) is 12.2. The van der Waals surface area contributed by atoms with Gasteiger partial charge in [0.25, 0.3) is 0 Å². The lowest BCUT2D eigenvalue weighted by atomic mass is 10.1. The van der Waals surface area contributed by atoms with E-state index >= 15 is 0 Å². The number of nitrogens with zero attached hydrogens (tertiary/aromatic N) is 2. The van der Waals surface area contributed by atoms with Gasteiger partial charge in [-0.05, 0) is 58.6 Å². The van der Waals surface area contributed by atoms with E-state index in [0.29, 0.717) is 24.7 Å². The van der Waals surface area contributed by atoms with E-state index in [-0.39, 0.29) is 5.91 Å². The van der Waals surface area contributed by atoms with Gasteiger partial charge in [0.05, 0.1) is 10.9 Å².